The van der Waals surface area contributed by atoms with Crippen LogP contribution in [0.4, 0.5) is 4.39 Å². The number of hydrogen-bond donors (Lipinski definition) is 3. The molecule has 2 unspecified atom stereocenters. The van der Waals surface area contributed by atoms with Gasteiger partial charge >= 0.3 is 0 Å². The van der Waals surface area contributed by atoms with Crippen LogP contribution < -0.4 is 16.0 Å². The van der Waals surface area contributed by atoms with Crippen molar-refractivity contribution in [2.75, 3.05) is 7.05 Å². The largest absolute Gasteiger partial charge is 0.359 e. The zero-order chi connectivity index (χ0) is 14.0. The van der Waals surface area contributed by atoms with Gasteiger partial charge in [-0.1, -0.05) is 24.8 Å². The summed E-state index contributed by atoms with van der Waals surface area (Å²) in [7, 11) is 1.53. The topological polar surface area (TPSA) is 53.2 Å². The molecule has 1 aliphatic rings. The van der Waals surface area contributed by atoms with Gasteiger partial charge in [0.25, 0.3) is 0 Å². The molecule has 2 atom stereocenters. The Morgan fingerprint density at radius 3 is 2.79 bits per heavy atom. The Hall–Kier alpha value is -1.95. The Kier molecular flexibility index (Phi) is 3.80. The van der Waals surface area contributed by atoms with Gasteiger partial charge in [-0.2, -0.15) is 0 Å². The summed E-state index contributed by atoms with van der Waals surface area (Å²) in [5, 5.41) is 8.62. The molecule has 1 aromatic rings. The second-order valence-electron chi connectivity index (χ2n) is 4.21. The van der Waals surface area contributed by atoms with Crippen molar-refractivity contribution in [3.63, 3.8) is 0 Å². The molecule has 4 nitrogen and oxygen atoms in total. The Bertz CT molecular complexity index is 546. The van der Waals surface area contributed by atoms with Crippen LogP contribution in [-0.2, 0) is 4.79 Å². The fraction of sp³-hybridized carbons (Fsp3) is 0.231. The average Bonchev–Trinajstić information content (AvgIpc) is 2.37. The van der Waals surface area contributed by atoms with E-state index in [-0.39, 0.29) is 11.7 Å². The van der Waals surface area contributed by atoms with Crippen molar-refractivity contribution in [2.24, 2.45) is 5.92 Å². The van der Waals surface area contributed by atoms with Crippen LogP contribution in [0.5, 0.6) is 0 Å². The molecule has 0 saturated carbocycles. The maximum absolute atomic E-state index is 13.9. The summed E-state index contributed by atoms with van der Waals surface area (Å²) in [5.41, 5.74) is 0.845. The van der Waals surface area contributed by atoms with E-state index in [0.29, 0.717) is 16.4 Å². The predicted octanol–water partition coefficient (Wildman–Crippen LogP) is 1.22. The molecule has 1 aromatic carbocycles. The van der Waals surface area contributed by atoms with Gasteiger partial charge in [-0.3, -0.25) is 4.79 Å². The van der Waals surface area contributed by atoms with Gasteiger partial charge in [0.15, 0.2) is 5.11 Å². The van der Waals surface area contributed by atoms with Crippen LogP contribution >= 0.6 is 12.2 Å². The number of halogens is 1. The van der Waals surface area contributed by atoms with E-state index >= 15 is 0 Å². The van der Waals surface area contributed by atoms with E-state index < -0.39 is 12.0 Å². The van der Waals surface area contributed by atoms with E-state index in [2.05, 4.69) is 22.5 Å². The number of nitrogens with one attached hydrogen (secondary N) is 3. The Labute approximate surface area is 116 Å². The minimum absolute atomic E-state index is 0.249. The zero-order valence-electron chi connectivity index (χ0n) is 10.4. The van der Waals surface area contributed by atoms with Crippen molar-refractivity contribution in [3.8, 4) is 0 Å². The second kappa shape index (κ2) is 5.36. The van der Waals surface area contributed by atoms with Crippen LogP contribution in [0.25, 0.3) is 0 Å². The number of carbonyl (C=O) groups excluding carboxylic acids is 1. The molecule has 1 heterocycles. The molecule has 2 rings (SSSR count). The molecule has 1 fully saturated rings. The molecule has 100 valence electrons. The number of rotatable bonds is 2. The summed E-state index contributed by atoms with van der Waals surface area (Å²) in [6.45, 7) is 3.80. The first kappa shape index (κ1) is 13.5. The highest BCUT2D eigenvalue weighted by Crippen LogP contribution is 2.30. The molecule has 6 heteroatoms. The Balaban J connectivity index is 2.44. The van der Waals surface area contributed by atoms with Crippen molar-refractivity contribution in [1.82, 2.24) is 16.0 Å². The van der Waals surface area contributed by atoms with Gasteiger partial charge < -0.3 is 16.0 Å². The average molecular weight is 279 g/mol. The lowest BCUT2D eigenvalue weighted by Crippen LogP contribution is -2.52. The normalized spacial score (nSPS) is 22.4. The molecule has 1 aliphatic heterocycles. The SMILES string of the molecule is C=C1NC(=S)NC(c2ccccc2F)C1C(=O)NC. The third-order valence-electron chi connectivity index (χ3n) is 3.04. The van der Waals surface area contributed by atoms with E-state index in [1.54, 1.807) is 18.2 Å². The summed E-state index contributed by atoms with van der Waals surface area (Å²) >= 11 is 5.04. The number of carbonyl (C=O) groups is 1. The first-order chi connectivity index (χ1) is 9.04. The van der Waals surface area contributed by atoms with Gasteiger partial charge in [0, 0.05) is 18.3 Å². The van der Waals surface area contributed by atoms with Gasteiger partial charge in [-0.05, 0) is 18.3 Å². The third-order valence-corrected chi connectivity index (χ3v) is 3.26. The number of benzene rings is 1. The molecule has 1 amide bonds. The van der Waals surface area contributed by atoms with Gasteiger partial charge in [0.1, 0.15) is 11.7 Å². The first-order valence-corrected chi connectivity index (χ1v) is 6.17. The minimum Gasteiger partial charge on any atom is -0.359 e. The van der Waals surface area contributed by atoms with Crippen LogP contribution in [0.15, 0.2) is 36.5 Å². The van der Waals surface area contributed by atoms with Crippen molar-refractivity contribution < 1.29 is 9.18 Å². The van der Waals surface area contributed by atoms with Crippen LogP contribution in [0.3, 0.4) is 0 Å². The third kappa shape index (κ3) is 2.58. The van der Waals surface area contributed by atoms with E-state index in [1.165, 1.54) is 13.1 Å². The van der Waals surface area contributed by atoms with Crippen molar-refractivity contribution in [2.45, 2.75) is 6.04 Å². The smallest absolute Gasteiger partial charge is 0.231 e. The molecule has 19 heavy (non-hydrogen) atoms. The van der Waals surface area contributed by atoms with Crippen LogP contribution in [0.2, 0.25) is 0 Å². The Morgan fingerprint density at radius 1 is 1.47 bits per heavy atom. The van der Waals surface area contributed by atoms with Gasteiger partial charge in [0.2, 0.25) is 5.91 Å². The standard InChI is InChI=1S/C13H14FN3OS/c1-7-10(12(18)15-2)11(17-13(19)16-7)8-5-3-4-6-9(8)14/h3-6,10-11H,1H2,2H3,(H,15,18)(H2,16,17,19). The lowest BCUT2D eigenvalue weighted by atomic mass is 9.88. The quantitative estimate of drug-likeness (QED) is 0.713. The molecule has 3 N–H and O–H groups in total. The van der Waals surface area contributed by atoms with Crippen molar-refractivity contribution in [3.05, 3.63) is 47.9 Å². The minimum atomic E-state index is -0.631. The summed E-state index contributed by atoms with van der Waals surface area (Å²) < 4.78 is 13.9. The molecule has 0 aliphatic carbocycles. The van der Waals surface area contributed by atoms with Crippen LogP contribution in [0, 0.1) is 11.7 Å². The van der Waals surface area contributed by atoms with Crippen LogP contribution in [-0.4, -0.2) is 18.1 Å². The van der Waals surface area contributed by atoms with E-state index in [4.69, 9.17) is 12.2 Å². The maximum Gasteiger partial charge on any atom is 0.231 e. The molecule has 0 aromatic heterocycles. The number of hydrogen-bond acceptors (Lipinski definition) is 2. The zero-order valence-corrected chi connectivity index (χ0v) is 11.2. The van der Waals surface area contributed by atoms with Gasteiger partial charge in [-0.15, -0.1) is 0 Å². The fourth-order valence-corrected chi connectivity index (χ4v) is 2.39. The van der Waals surface area contributed by atoms with E-state index in [9.17, 15) is 9.18 Å². The monoisotopic (exact) mass is 279 g/mol. The molecular formula is C13H14FN3OS. The molecule has 0 bridgehead atoms. The lowest BCUT2D eigenvalue weighted by Gasteiger charge is -2.35. The molecular weight excluding hydrogens is 265 g/mol. The Morgan fingerprint density at radius 2 is 2.16 bits per heavy atom. The summed E-state index contributed by atoms with van der Waals surface area (Å²) in [4.78, 5) is 12.0. The molecule has 0 spiro atoms. The van der Waals surface area contributed by atoms with Crippen molar-refractivity contribution >= 4 is 23.2 Å². The summed E-state index contributed by atoms with van der Waals surface area (Å²) in [5.74, 6) is -1.26. The second-order valence-corrected chi connectivity index (χ2v) is 4.62. The predicted molar refractivity (Wildman–Crippen MR) is 74.7 cm³/mol. The van der Waals surface area contributed by atoms with E-state index in [0.717, 1.165) is 0 Å². The fourth-order valence-electron chi connectivity index (χ4n) is 2.14. The number of amides is 1. The highest BCUT2D eigenvalue weighted by Gasteiger charge is 2.37. The number of thiocarbonyl (C=S) groups is 1. The molecule has 0 radical (unpaired) electrons. The lowest BCUT2D eigenvalue weighted by molar-refractivity contribution is -0.124. The van der Waals surface area contributed by atoms with Gasteiger partial charge in [-0.25, -0.2) is 4.39 Å². The summed E-state index contributed by atoms with van der Waals surface area (Å²) in [6, 6.07) is 5.73. The highest BCUT2D eigenvalue weighted by molar-refractivity contribution is 7.80. The first-order valence-electron chi connectivity index (χ1n) is 5.77. The maximum atomic E-state index is 13.9. The molecule has 1 saturated heterocycles. The summed E-state index contributed by atoms with van der Waals surface area (Å²) in [6.07, 6.45) is 0. The van der Waals surface area contributed by atoms with Gasteiger partial charge in [0.05, 0.1) is 6.04 Å². The highest BCUT2D eigenvalue weighted by atomic mass is 32.1. The van der Waals surface area contributed by atoms with Crippen molar-refractivity contribution in [1.29, 1.82) is 0 Å². The van der Waals surface area contributed by atoms with E-state index in [1.807, 2.05) is 0 Å². The van der Waals surface area contributed by atoms with Crippen LogP contribution in [0.1, 0.15) is 11.6 Å².